The molecule has 0 saturated carbocycles. The number of phosphoric acid groups is 1. The lowest BCUT2D eigenvalue weighted by Crippen LogP contribution is -2.29. The summed E-state index contributed by atoms with van der Waals surface area (Å²) in [5, 5.41) is 0. The van der Waals surface area contributed by atoms with E-state index in [0.29, 0.717) is 12.8 Å². The highest BCUT2D eigenvalue weighted by Gasteiger charge is 2.22. The van der Waals surface area contributed by atoms with Crippen molar-refractivity contribution in [3.63, 3.8) is 0 Å². The standard InChI is InChI=1S/C41H73O8P/c1-3-5-7-9-11-13-15-17-18-19-20-21-22-24-25-27-29-31-33-35-40(42)47-37-39(38-48-50(44,45)46)49-41(43)36-34-32-30-28-26-23-16-14-12-10-8-6-4-2/h11,13,17-18,20-21,24-25,39H,3-10,12,14-16,19,22-23,26-38H2,1-2H3,(H2,44,45,46)/b13-11-,18-17-,21-20-,25-24-/t39-/m1/s1. The third kappa shape index (κ3) is 38.8. The Labute approximate surface area is 305 Å². The zero-order valence-electron chi connectivity index (χ0n) is 31.8. The van der Waals surface area contributed by atoms with E-state index >= 15 is 0 Å². The van der Waals surface area contributed by atoms with Gasteiger partial charge in [-0.05, 0) is 57.8 Å². The first-order valence-corrected chi connectivity index (χ1v) is 21.5. The van der Waals surface area contributed by atoms with Crippen LogP contribution in [0.2, 0.25) is 0 Å². The van der Waals surface area contributed by atoms with Gasteiger partial charge >= 0.3 is 19.8 Å². The molecule has 0 saturated heterocycles. The van der Waals surface area contributed by atoms with Crippen molar-refractivity contribution in [1.82, 2.24) is 0 Å². The van der Waals surface area contributed by atoms with Crippen LogP contribution in [0.5, 0.6) is 0 Å². The van der Waals surface area contributed by atoms with Gasteiger partial charge in [-0.2, -0.15) is 0 Å². The number of carbonyl (C=O) groups excluding carboxylic acids is 2. The Morgan fingerprint density at radius 3 is 1.38 bits per heavy atom. The largest absolute Gasteiger partial charge is 0.469 e. The van der Waals surface area contributed by atoms with E-state index in [9.17, 15) is 14.2 Å². The van der Waals surface area contributed by atoms with Crippen molar-refractivity contribution in [1.29, 1.82) is 0 Å². The van der Waals surface area contributed by atoms with E-state index in [1.165, 1.54) is 83.5 Å². The molecular formula is C41H73O8P. The molecule has 2 N–H and O–H groups in total. The van der Waals surface area contributed by atoms with Crippen LogP contribution in [-0.2, 0) is 28.2 Å². The van der Waals surface area contributed by atoms with Crippen molar-refractivity contribution in [2.24, 2.45) is 0 Å². The third-order valence-electron chi connectivity index (χ3n) is 8.35. The SMILES string of the molecule is CCCCC/C=C\C/C=C\C/C=C\C/C=C\CCCCCC(=O)OC[C@H](COP(=O)(O)O)OC(=O)CCCCCCCCCCCCCCC. The Hall–Kier alpha value is -1.99. The zero-order chi connectivity index (χ0) is 36.8. The molecule has 0 rings (SSSR count). The monoisotopic (exact) mass is 725 g/mol. The Kier molecular flexibility index (Phi) is 35.3. The molecule has 0 fully saturated rings. The Morgan fingerprint density at radius 2 is 0.900 bits per heavy atom. The fourth-order valence-corrected chi connectivity index (χ4v) is 5.72. The summed E-state index contributed by atoms with van der Waals surface area (Å²) in [4.78, 5) is 42.7. The number of hydrogen-bond donors (Lipinski definition) is 2. The molecule has 0 bridgehead atoms. The number of unbranched alkanes of at least 4 members (excludes halogenated alkanes) is 18. The van der Waals surface area contributed by atoms with Crippen LogP contribution < -0.4 is 0 Å². The molecule has 50 heavy (non-hydrogen) atoms. The number of rotatable bonds is 36. The van der Waals surface area contributed by atoms with Gasteiger partial charge in [0.15, 0.2) is 6.10 Å². The van der Waals surface area contributed by atoms with Gasteiger partial charge in [-0.15, -0.1) is 0 Å². The summed E-state index contributed by atoms with van der Waals surface area (Å²) in [6, 6.07) is 0. The maximum Gasteiger partial charge on any atom is 0.469 e. The molecule has 0 aliphatic rings. The minimum Gasteiger partial charge on any atom is -0.462 e. The Morgan fingerprint density at radius 1 is 0.520 bits per heavy atom. The van der Waals surface area contributed by atoms with Gasteiger partial charge in [-0.3, -0.25) is 14.1 Å². The van der Waals surface area contributed by atoms with Gasteiger partial charge in [0.25, 0.3) is 0 Å². The molecule has 0 aliphatic heterocycles. The van der Waals surface area contributed by atoms with E-state index in [1.54, 1.807) is 0 Å². The average Bonchev–Trinajstić information content (AvgIpc) is 3.08. The maximum absolute atomic E-state index is 12.4. The fraction of sp³-hybridized carbons (Fsp3) is 0.756. The van der Waals surface area contributed by atoms with Crippen molar-refractivity contribution in [3.05, 3.63) is 48.6 Å². The first kappa shape index (κ1) is 48.0. The van der Waals surface area contributed by atoms with E-state index < -0.39 is 32.5 Å². The lowest BCUT2D eigenvalue weighted by atomic mass is 10.0. The highest BCUT2D eigenvalue weighted by molar-refractivity contribution is 7.46. The van der Waals surface area contributed by atoms with Crippen LogP contribution in [0.4, 0.5) is 0 Å². The molecule has 0 aliphatic carbocycles. The van der Waals surface area contributed by atoms with Crippen LogP contribution in [0.3, 0.4) is 0 Å². The van der Waals surface area contributed by atoms with Gasteiger partial charge in [0.2, 0.25) is 0 Å². The lowest BCUT2D eigenvalue weighted by molar-refractivity contribution is -0.161. The number of hydrogen-bond acceptors (Lipinski definition) is 6. The average molecular weight is 725 g/mol. The summed E-state index contributed by atoms with van der Waals surface area (Å²) in [5.74, 6) is -0.920. The zero-order valence-corrected chi connectivity index (χ0v) is 32.7. The van der Waals surface area contributed by atoms with Crippen molar-refractivity contribution in [3.8, 4) is 0 Å². The highest BCUT2D eigenvalue weighted by atomic mass is 31.2. The number of ether oxygens (including phenoxy) is 2. The van der Waals surface area contributed by atoms with Crippen LogP contribution in [0.15, 0.2) is 48.6 Å². The predicted molar refractivity (Wildman–Crippen MR) is 207 cm³/mol. The normalized spacial score (nSPS) is 13.0. The van der Waals surface area contributed by atoms with E-state index in [2.05, 4.69) is 67.0 Å². The van der Waals surface area contributed by atoms with E-state index in [-0.39, 0.29) is 19.4 Å². The van der Waals surface area contributed by atoms with Crippen LogP contribution in [-0.4, -0.2) is 41.0 Å². The second-order valence-electron chi connectivity index (χ2n) is 13.3. The summed E-state index contributed by atoms with van der Waals surface area (Å²) < 4.78 is 26.3. The van der Waals surface area contributed by atoms with Gasteiger partial charge in [-0.1, -0.05) is 159 Å². The molecular weight excluding hydrogens is 651 g/mol. The van der Waals surface area contributed by atoms with Crippen molar-refractivity contribution in [2.75, 3.05) is 13.2 Å². The van der Waals surface area contributed by atoms with Crippen LogP contribution in [0.1, 0.15) is 181 Å². The lowest BCUT2D eigenvalue weighted by Gasteiger charge is -2.18. The molecule has 0 unspecified atom stereocenters. The van der Waals surface area contributed by atoms with E-state index in [1.807, 2.05) is 0 Å². The van der Waals surface area contributed by atoms with E-state index in [0.717, 1.165) is 57.8 Å². The quantitative estimate of drug-likeness (QED) is 0.0284. The van der Waals surface area contributed by atoms with Crippen LogP contribution in [0, 0.1) is 0 Å². The summed E-state index contributed by atoms with van der Waals surface area (Å²) in [6.07, 6.45) is 44.0. The Bertz CT molecular complexity index is 952. The smallest absolute Gasteiger partial charge is 0.462 e. The topological polar surface area (TPSA) is 119 Å². The summed E-state index contributed by atoms with van der Waals surface area (Å²) in [6.45, 7) is 3.62. The van der Waals surface area contributed by atoms with Gasteiger partial charge in [0.05, 0.1) is 6.61 Å². The minimum absolute atomic E-state index is 0.206. The molecule has 0 amide bonds. The number of esters is 2. The second kappa shape index (κ2) is 36.8. The molecule has 0 heterocycles. The molecule has 0 radical (unpaired) electrons. The van der Waals surface area contributed by atoms with Gasteiger partial charge in [0, 0.05) is 12.8 Å². The molecule has 1 atom stereocenters. The van der Waals surface area contributed by atoms with Crippen LogP contribution in [0.25, 0.3) is 0 Å². The molecule has 0 aromatic rings. The third-order valence-corrected chi connectivity index (χ3v) is 8.84. The predicted octanol–water partition coefficient (Wildman–Crippen LogP) is 12.0. The van der Waals surface area contributed by atoms with Crippen LogP contribution >= 0.6 is 7.82 Å². The molecule has 9 heteroatoms. The van der Waals surface area contributed by atoms with Crippen molar-refractivity contribution >= 4 is 19.8 Å². The minimum atomic E-state index is -4.76. The van der Waals surface area contributed by atoms with E-state index in [4.69, 9.17) is 19.3 Å². The summed E-state index contributed by atoms with van der Waals surface area (Å²) in [5.41, 5.74) is 0. The Balaban J connectivity index is 4.01. The molecule has 8 nitrogen and oxygen atoms in total. The second-order valence-corrected chi connectivity index (χ2v) is 14.5. The molecule has 290 valence electrons. The van der Waals surface area contributed by atoms with Gasteiger partial charge < -0.3 is 19.3 Å². The number of carbonyl (C=O) groups is 2. The van der Waals surface area contributed by atoms with Crippen molar-refractivity contribution < 1.29 is 37.9 Å². The molecule has 0 aromatic heterocycles. The highest BCUT2D eigenvalue weighted by Crippen LogP contribution is 2.36. The van der Waals surface area contributed by atoms with Gasteiger partial charge in [0.1, 0.15) is 6.61 Å². The summed E-state index contributed by atoms with van der Waals surface area (Å²) in [7, 11) is -4.76. The molecule has 0 aromatic carbocycles. The number of allylic oxidation sites excluding steroid dienone is 8. The molecule has 0 spiro atoms. The number of phosphoric ester groups is 1. The summed E-state index contributed by atoms with van der Waals surface area (Å²) >= 11 is 0. The maximum atomic E-state index is 12.4. The van der Waals surface area contributed by atoms with Gasteiger partial charge in [-0.25, -0.2) is 4.57 Å². The first-order chi connectivity index (χ1) is 24.3. The first-order valence-electron chi connectivity index (χ1n) is 19.9. The van der Waals surface area contributed by atoms with Crippen molar-refractivity contribution in [2.45, 2.75) is 187 Å². The fourth-order valence-electron chi connectivity index (χ4n) is 5.36.